The molecular weight excluding hydrogens is 460 g/mol. The van der Waals surface area contributed by atoms with Crippen molar-refractivity contribution in [3.8, 4) is 0 Å². The minimum atomic E-state index is -3.83. The van der Waals surface area contributed by atoms with Gasteiger partial charge >= 0.3 is 0 Å². The first-order valence-electron chi connectivity index (χ1n) is 11.0. The second kappa shape index (κ2) is 10.1. The number of carbonyl (C=O) groups excluding carboxylic acids is 1. The summed E-state index contributed by atoms with van der Waals surface area (Å²) in [6.07, 6.45) is 3.45. The van der Waals surface area contributed by atoms with Gasteiger partial charge in [0.25, 0.3) is 5.91 Å². The third-order valence-electron chi connectivity index (χ3n) is 5.94. The zero-order chi connectivity index (χ0) is 23.4. The van der Waals surface area contributed by atoms with E-state index in [0.29, 0.717) is 11.6 Å². The number of nitrogens with one attached hydrogen (secondary N) is 1. The van der Waals surface area contributed by atoms with Gasteiger partial charge in [-0.25, -0.2) is 8.42 Å². The minimum Gasteiger partial charge on any atom is -0.439 e. The first kappa shape index (κ1) is 23.5. The topological polar surface area (TPSA) is 79.6 Å². The van der Waals surface area contributed by atoms with Crippen LogP contribution in [0.5, 0.6) is 0 Å². The fraction of sp³-hybridized carbons (Fsp3) is 0.320. The molecule has 1 saturated heterocycles. The molecule has 2 aromatic carbocycles. The molecule has 1 N–H and O–H groups in total. The van der Waals surface area contributed by atoms with Crippen LogP contribution in [0.4, 0.5) is 0 Å². The molecule has 174 valence electrons. The normalized spacial score (nSPS) is 15.8. The molecule has 1 fully saturated rings. The van der Waals surface area contributed by atoms with Crippen molar-refractivity contribution in [2.75, 3.05) is 19.6 Å². The highest BCUT2D eigenvalue weighted by atomic mass is 35.5. The van der Waals surface area contributed by atoms with Crippen molar-refractivity contribution in [2.24, 2.45) is 0 Å². The Morgan fingerprint density at radius 2 is 1.67 bits per heavy atom. The molecule has 4 rings (SSSR count). The van der Waals surface area contributed by atoms with E-state index in [-0.39, 0.29) is 21.8 Å². The van der Waals surface area contributed by atoms with Crippen LogP contribution in [0.25, 0.3) is 0 Å². The number of hydrogen-bond acceptors (Lipinski definition) is 5. The van der Waals surface area contributed by atoms with Gasteiger partial charge in [0.05, 0.1) is 10.9 Å². The van der Waals surface area contributed by atoms with E-state index in [4.69, 9.17) is 16.0 Å². The zero-order valence-corrected chi connectivity index (χ0v) is 20.0. The van der Waals surface area contributed by atoms with Gasteiger partial charge in [0.15, 0.2) is 5.76 Å². The fourth-order valence-electron chi connectivity index (χ4n) is 4.07. The van der Waals surface area contributed by atoms with E-state index in [2.05, 4.69) is 10.2 Å². The molecule has 1 aliphatic rings. The lowest BCUT2D eigenvalue weighted by molar-refractivity contribution is 0.0892. The van der Waals surface area contributed by atoms with Crippen LogP contribution in [0.1, 0.15) is 47.0 Å². The highest BCUT2D eigenvalue weighted by molar-refractivity contribution is 7.91. The number of carbonyl (C=O) groups is 1. The Balaban J connectivity index is 1.48. The molecule has 8 heteroatoms. The lowest BCUT2D eigenvalue weighted by Gasteiger charge is -2.35. The Hall–Kier alpha value is -2.61. The van der Waals surface area contributed by atoms with Crippen LogP contribution >= 0.6 is 11.6 Å². The number of benzene rings is 2. The van der Waals surface area contributed by atoms with Crippen molar-refractivity contribution < 1.29 is 17.6 Å². The van der Waals surface area contributed by atoms with Crippen molar-refractivity contribution in [2.45, 2.75) is 42.2 Å². The number of halogens is 1. The summed E-state index contributed by atoms with van der Waals surface area (Å²) < 4.78 is 31.1. The first-order chi connectivity index (χ1) is 15.8. The fourth-order valence-corrected chi connectivity index (χ4v) is 5.37. The summed E-state index contributed by atoms with van der Waals surface area (Å²) in [5, 5.41) is 3.34. The molecule has 6 nitrogen and oxygen atoms in total. The minimum absolute atomic E-state index is 0.00256. The highest BCUT2D eigenvalue weighted by Crippen LogP contribution is 2.26. The van der Waals surface area contributed by atoms with E-state index in [1.165, 1.54) is 30.7 Å². The maximum absolute atomic E-state index is 12.8. The Labute approximate surface area is 199 Å². The molecule has 1 atom stereocenters. The van der Waals surface area contributed by atoms with Gasteiger partial charge in [0.2, 0.25) is 14.9 Å². The first-order valence-corrected chi connectivity index (χ1v) is 12.9. The number of piperidine rings is 1. The lowest BCUT2D eigenvalue weighted by Crippen LogP contribution is -2.40. The largest absolute Gasteiger partial charge is 0.439 e. The molecule has 1 unspecified atom stereocenters. The third-order valence-corrected chi connectivity index (χ3v) is 7.84. The van der Waals surface area contributed by atoms with E-state index >= 15 is 0 Å². The SMILES string of the molecule is Cc1ccc(S(=O)(=O)c2ccc(C(=O)NCC(c3ccc(Cl)cc3)N3CCCCC3)o2)cc1. The number of amides is 1. The van der Waals surface area contributed by atoms with Crippen LogP contribution in [0, 0.1) is 6.92 Å². The predicted molar refractivity (Wildman–Crippen MR) is 127 cm³/mol. The smallest absolute Gasteiger partial charge is 0.287 e. The quantitative estimate of drug-likeness (QED) is 0.506. The second-order valence-electron chi connectivity index (χ2n) is 8.31. The van der Waals surface area contributed by atoms with Gasteiger partial charge in [0, 0.05) is 11.6 Å². The van der Waals surface area contributed by atoms with E-state index in [0.717, 1.165) is 37.1 Å². The number of hydrogen-bond donors (Lipinski definition) is 1. The average molecular weight is 487 g/mol. The lowest BCUT2D eigenvalue weighted by atomic mass is 10.0. The van der Waals surface area contributed by atoms with Gasteiger partial charge in [0.1, 0.15) is 0 Å². The second-order valence-corrected chi connectivity index (χ2v) is 10.6. The number of likely N-dealkylation sites (tertiary alicyclic amines) is 1. The Morgan fingerprint density at radius 1 is 1.00 bits per heavy atom. The van der Waals surface area contributed by atoms with E-state index < -0.39 is 15.7 Å². The van der Waals surface area contributed by atoms with E-state index in [1.54, 1.807) is 12.1 Å². The van der Waals surface area contributed by atoms with Crippen LogP contribution in [-0.4, -0.2) is 38.9 Å². The van der Waals surface area contributed by atoms with Gasteiger partial charge in [-0.3, -0.25) is 9.69 Å². The molecule has 2 heterocycles. The van der Waals surface area contributed by atoms with Gasteiger partial charge in [-0.2, -0.15) is 0 Å². The number of rotatable bonds is 7. The summed E-state index contributed by atoms with van der Waals surface area (Å²) in [4.78, 5) is 15.3. The van der Waals surface area contributed by atoms with Crippen molar-refractivity contribution in [1.82, 2.24) is 10.2 Å². The van der Waals surface area contributed by atoms with E-state index in [9.17, 15) is 13.2 Å². The van der Waals surface area contributed by atoms with Gasteiger partial charge in [-0.15, -0.1) is 0 Å². The van der Waals surface area contributed by atoms with Crippen molar-refractivity contribution in [3.63, 3.8) is 0 Å². The Morgan fingerprint density at radius 3 is 2.33 bits per heavy atom. The third kappa shape index (κ3) is 5.49. The standard InChI is InChI=1S/C25H27ClN2O4S/c1-18-5-11-21(12-6-18)33(30,31)24-14-13-23(32-24)25(29)27-17-22(28-15-3-2-4-16-28)19-7-9-20(26)10-8-19/h5-14,22H,2-4,15-17H2,1H3,(H,27,29). The molecule has 0 radical (unpaired) electrons. The summed E-state index contributed by atoms with van der Waals surface area (Å²) in [6.45, 7) is 4.18. The average Bonchev–Trinajstić information content (AvgIpc) is 3.33. The molecule has 0 saturated carbocycles. The maximum Gasteiger partial charge on any atom is 0.287 e. The predicted octanol–water partition coefficient (Wildman–Crippen LogP) is 5.03. The van der Waals surface area contributed by atoms with Crippen LogP contribution in [0.15, 0.2) is 75.1 Å². The van der Waals surface area contributed by atoms with Crippen molar-refractivity contribution in [3.05, 3.63) is 82.6 Å². The van der Waals surface area contributed by atoms with Gasteiger partial charge in [-0.05, 0) is 74.8 Å². The molecule has 1 aliphatic heterocycles. The molecule has 0 spiro atoms. The van der Waals surface area contributed by atoms with Crippen LogP contribution in [0.2, 0.25) is 5.02 Å². The monoisotopic (exact) mass is 486 g/mol. The van der Waals surface area contributed by atoms with E-state index in [1.807, 2.05) is 31.2 Å². The number of nitrogens with zero attached hydrogens (tertiary/aromatic N) is 1. The molecule has 0 aliphatic carbocycles. The maximum atomic E-state index is 12.8. The molecular formula is C25H27ClN2O4S. The van der Waals surface area contributed by atoms with Crippen LogP contribution in [-0.2, 0) is 9.84 Å². The Kier molecular flexibility index (Phi) is 7.22. The summed E-state index contributed by atoms with van der Waals surface area (Å²) in [7, 11) is -3.83. The van der Waals surface area contributed by atoms with Gasteiger partial charge < -0.3 is 9.73 Å². The summed E-state index contributed by atoms with van der Waals surface area (Å²) in [6, 6.07) is 16.9. The van der Waals surface area contributed by atoms with Crippen molar-refractivity contribution in [1.29, 1.82) is 0 Å². The number of furan rings is 1. The van der Waals surface area contributed by atoms with Crippen LogP contribution in [0.3, 0.4) is 0 Å². The van der Waals surface area contributed by atoms with Crippen molar-refractivity contribution >= 4 is 27.3 Å². The summed E-state index contributed by atoms with van der Waals surface area (Å²) in [5.74, 6) is -0.481. The van der Waals surface area contributed by atoms with Gasteiger partial charge in [-0.1, -0.05) is 47.9 Å². The zero-order valence-electron chi connectivity index (χ0n) is 18.5. The molecule has 0 bridgehead atoms. The number of aryl methyl sites for hydroxylation is 1. The van der Waals surface area contributed by atoms with Crippen LogP contribution < -0.4 is 5.32 Å². The molecule has 1 amide bonds. The summed E-state index contributed by atoms with van der Waals surface area (Å²) >= 11 is 6.06. The summed E-state index contributed by atoms with van der Waals surface area (Å²) in [5.41, 5.74) is 2.03. The highest BCUT2D eigenvalue weighted by Gasteiger charge is 2.26. The Bertz CT molecular complexity index is 1200. The molecule has 1 aromatic heterocycles. The molecule has 3 aromatic rings. The number of sulfone groups is 1. The molecule has 33 heavy (non-hydrogen) atoms.